The molecule has 19 heavy (non-hydrogen) atoms. The number of nitrogens with zero attached hydrogens (tertiary/aromatic N) is 4. The highest BCUT2D eigenvalue weighted by Gasteiger charge is 2.17. The predicted molar refractivity (Wildman–Crippen MR) is 77.8 cm³/mol. The molecule has 2 heterocycles. The van der Waals surface area contributed by atoms with Gasteiger partial charge in [0.05, 0.1) is 11.4 Å². The van der Waals surface area contributed by atoms with Crippen molar-refractivity contribution in [2.45, 2.75) is 25.4 Å². The van der Waals surface area contributed by atoms with Crippen molar-refractivity contribution in [3.8, 4) is 0 Å². The molecule has 3 rings (SSSR count). The standard InChI is InChI=1S/C13H15N5S/c1-3-10-4-6-11(7-5-10)14-12-8-19-13-16-15-9(2)18(13)17-12/h4-7H,3,8H2,1-2H3,(H,14,17). The molecule has 1 aromatic carbocycles. The molecule has 6 heteroatoms. The van der Waals surface area contributed by atoms with Gasteiger partial charge in [0.25, 0.3) is 0 Å². The van der Waals surface area contributed by atoms with Gasteiger partial charge in [0.15, 0.2) is 0 Å². The third kappa shape index (κ3) is 2.49. The number of hydrogen-bond acceptors (Lipinski definition) is 4. The molecule has 0 aliphatic carbocycles. The number of aryl methyl sites for hydroxylation is 2. The zero-order chi connectivity index (χ0) is 13.2. The molecule has 0 amide bonds. The van der Waals surface area contributed by atoms with Gasteiger partial charge in [-0.15, -0.1) is 10.2 Å². The van der Waals surface area contributed by atoms with Crippen LogP contribution in [0.3, 0.4) is 0 Å². The van der Waals surface area contributed by atoms with Gasteiger partial charge in [-0.25, -0.2) is 9.67 Å². The normalized spacial score (nSPS) is 16.2. The minimum Gasteiger partial charge on any atom is -0.277 e. The first-order valence-electron chi connectivity index (χ1n) is 6.24. The topological polar surface area (TPSA) is 55.1 Å². The monoisotopic (exact) mass is 273 g/mol. The molecule has 0 radical (unpaired) electrons. The van der Waals surface area contributed by atoms with Crippen LogP contribution in [0.25, 0.3) is 0 Å². The second-order valence-corrected chi connectivity index (χ2v) is 5.29. The van der Waals surface area contributed by atoms with Crippen molar-refractivity contribution in [1.82, 2.24) is 14.9 Å². The fourth-order valence-corrected chi connectivity index (χ4v) is 2.68. The van der Waals surface area contributed by atoms with Crippen molar-refractivity contribution in [3.05, 3.63) is 35.7 Å². The van der Waals surface area contributed by atoms with Crippen LogP contribution in [0.4, 0.5) is 5.69 Å². The lowest BCUT2D eigenvalue weighted by atomic mass is 10.1. The van der Waals surface area contributed by atoms with Crippen molar-refractivity contribution in [2.75, 3.05) is 11.2 Å². The molecule has 1 aliphatic rings. The van der Waals surface area contributed by atoms with Crippen LogP contribution in [-0.2, 0) is 6.42 Å². The van der Waals surface area contributed by atoms with E-state index in [9.17, 15) is 0 Å². The second-order valence-electron chi connectivity index (χ2n) is 4.34. The van der Waals surface area contributed by atoms with E-state index >= 15 is 0 Å². The van der Waals surface area contributed by atoms with Gasteiger partial charge in [0.2, 0.25) is 5.16 Å². The first-order valence-corrected chi connectivity index (χ1v) is 7.23. The molecular weight excluding hydrogens is 258 g/mol. The Morgan fingerprint density at radius 3 is 2.84 bits per heavy atom. The van der Waals surface area contributed by atoms with Crippen LogP contribution in [0, 0.1) is 6.92 Å². The van der Waals surface area contributed by atoms with Crippen molar-refractivity contribution >= 4 is 23.3 Å². The molecule has 1 aromatic heterocycles. The van der Waals surface area contributed by atoms with Crippen molar-refractivity contribution in [2.24, 2.45) is 4.99 Å². The molecule has 0 saturated heterocycles. The summed E-state index contributed by atoms with van der Waals surface area (Å²) in [6.45, 7) is 4.07. The maximum Gasteiger partial charge on any atom is 0.210 e. The second kappa shape index (κ2) is 5.05. The first-order chi connectivity index (χ1) is 9.26. The molecule has 2 aromatic rings. The summed E-state index contributed by atoms with van der Waals surface area (Å²) >= 11 is 1.64. The van der Waals surface area contributed by atoms with E-state index in [0.717, 1.165) is 34.7 Å². The Morgan fingerprint density at radius 2 is 2.11 bits per heavy atom. The zero-order valence-corrected chi connectivity index (χ0v) is 11.7. The number of benzene rings is 1. The van der Waals surface area contributed by atoms with E-state index in [2.05, 4.69) is 39.7 Å². The van der Waals surface area contributed by atoms with Crippen LogP contribution >= 0.6 is 11.8 Å². The summed E-state index contributed by atoms with van der Waals surface area (Å²) in [7, 11) is 0. The quantitative estimate of drug-likeness (QED) is 0.913. The smallest absolute Gasteiger partial charge is 0.210 e. The number of rotatable bonds is 2. The lowest BCUT2D eigenvalue weighted by Crippen LogP contribution is -2.30. The van der Waals surface area contributed by atoms with E-state index < -0.39 is 0 Å². The fourth-order valence-electron chi connectivity index (χ4n) is 1.88. The molecule has 0 fully saturated rings. The Bertz CT molecular complexity index is 614. The number of thioether (sulfide) groups is 1. The molecule has 1 aliphatic heterocycles. The third-order valence-electron chi connectivity index (χ3n) is 2.98. The summed E-state index contributed by atoms with van der Waals surface area (Å²) in [4.78, 5) is 4.62. The van der Waals surface area contributed by atoms with Crippen molar-refractivity contribution in [1.29, 1.82) is 0 Å². The average Bonchev–Trinajstić information content (AvgIpc) is 2.81. The molecule has 0 saturated carbocycles. The minimum atomic E-state index is 0.785. The highest BCUT2D eigenvalue weighted by Crippen LogP contribution is 2.21. The summed E-state index contributed by atoms with van der Waals surface area (Å²) in [6.07, 6.45) is 1.05. The van der Waals surface area contributed by atoms with Gasteiger partial charge in [-0.2, -0.15) is 0 Å². The number of nitrogens with one attached hydrogen (secondary N) is 1. The van der Waals surface area contributed by atoms with E-state index in [0.29, 0.717) is 0 Å². The van der Waals surface area contributed by atoms with Gasteiger partial charge in [0, 0.05) is 0 Å². The zero-order valence-electron chi connectivity index (χ0n) is 10.9. The number of aromatic nitrogens is 3. The summed E-state index contributed by atoms with van der Waals surface area (Å²) in [5.74, 6) is 2.55. The summed E-state index contributed by atoms with van der Waals surface area (Å²) in [5, 5.41) is 9.00. The van der Waals surface area contributed by atoms with Gasteiger partial charge in [-0.05, 0) is 31.0 Å². The van der Waals surface area contributed by atoms with Crippen LogP contribution in [0.1, 0.15) is 18.3 Å². The summed E-state index contributed by atoms with van der Waals surface area (Å²) < 4.78 is 1.87. The number of aliphatic imine (C=N–C) groups is 1. The summed E-state index contributed by atoms with van der Waals surface area (Å²) in [6, 6.07) is 8.33. The van der Waals surface area contributed by atoms with Gasteiger partial charge >= 0.3 is 0 Å². The van der Waals surface area contributed by atoms with E-state index in [1.807, 2.05) is 23.7 Å². The maximum absolute atomic E-state index is 4.62. The molecule has 1 N–H and O–H groups in total. The Kier molecular flexibility index (Phi) is 3.25. The van der Waals surface area contributed by atoms with E-state index in [-0.39, 0.29) is 0 Å². The lowest BCUT2D eigenvalue weighted by Gasteiger charge is -2.17. The molecule has 98 valence electrons. The number of amidine groups is 1. The SMILES string of the molecule is CCc1ccc(N=C2CSc3nnc(C)n3N2)cc1. The molecule has 0 atom stereocenters. The molecule has 0 bridgehead atoms. The molecule has 0 spiro atoms. The third-order valence-corrected chi connectivity index (χ3v) is 3.92. The lowest BCUT2D eigenvalue weighted by molar-refractivity contribution is 0.801. The van der Waals surface area contributed by atoms with Gasteiger partial charge in [-0.1, -0.05) is 30.8 Å². The summed E-state index contributed by atoms with van der Waals surface area (Å²) in [5.41, 5.74) is 5.54. The van der Waals surface area contributed by atoms with Gasteiger partial charge < -0.3 is 0 Å². The largest absolute Gasteiger partial charge is 0.277 e. The van der Waals surface area contributed by atoms with Crippen LogP contribution < -0.4 is 5.43 Å². The Morgan fingerprint density at radius 1 is 1.32 bits per heavy atom. The molecular formula is C13H15N5S. The Labute approximate surface area is 116 Å². The number of hydrogen-bond donors (Lipinski definition) is 1. The Balaban J connectivity index is 1.83. The highest BCUT2D eigenvalue weighted by molar-refractivity contribution is 7.99. The fraction of sp³-hybridized carbons (Fsp3) is 0.308. The highest BCUT2D eigenvalue weighted by atomic mass is 32.2. The van der Waals surface area contributed by atoms with E-state index in [4.69, 9.17) is 0 Å². The molecule has 0 unspecified atom stereocenters. The van der Waals surface area contributed by atoms with Crippen LogP contribution in [0.2, 0.25) is 0 Å². The average molecular weight is 273 g/mol. The van der Waals surface area contributed by atoms with Crippen molar-refractivity contribution in [3.63, 3.8) is 0 Å². The number of fused-ring (bicyclic) bond motifs is 1. The Hall–Kier alpha value is -1.82. The van der Waals surface area contributed by atoms with Crippen molar-refractivity contribution < 1.29 is 0 Å². The first kappa shape index (κ1) is 12.2. The van der Waals surface area contributed by atoms with E-state index in [1.54, 1.807) is 11.8 Å². The minimum absolute atomic E-state index is 0.785. The van der Waals surface area contributed by atoms with E-state index in [1.165, 1.54) is 5.56 Å². The van der Waals surface area contributed by atoms with Crippen LogP contribution in [0.15, 0.2) is 34.4 Å². The molecule has 5 nitrogen and oxygen atoms in total. The van der Waals surface area contributed by atoms with Crippen LogP contribution in [0.5, 0.6) is 0 Å². The van der Waals surface area contributed by atoms with Gasteiger partial charge in [-0.3, -0.25) is 5.43 Å². The predicted octanol–water partition coefficient (Wildman–Crippen LogP) is 2.53. The van der Waals surface area contributed by atoms with Crippen LogP contribution in [-0.4, -0.2) is 26.5 Å². The van der Waals surface area contributed by atoms with Gasteiger partial charge in [0.1, 0.15) is 11.7 Å². The maximum atomic E-state index is 4.62.